The second-order valence-corrected chi connectivity index (χ2v) is 11.4. The Kier molecular flexibility index (Phi) is 7.80. The van der Waals surface area contributed by atoms with E-state index in [0.717, 1.165) is 36.9 Å². The molecule has 5 rings (SSSR count). The van der Waals surface area contributed by atoms with Crippen molar-refractivity contribution in [2.24, 2.45) is 0 Å². The molecule has 2 heterocycles. The van der Waals surface area contributed by atoms with Crippen molar-refractivity contribution < 1.29 is 36.8 Å². The van der Waals surface area contributed by atoms with E-state index in [1.54, 1.807) is 49.9 Å². The van der Waals surface area contributed by atoms with Crippen LogP contribution >= 0.6 is 0 Å². The highest BCUT2D eigenvalue weighted by Crippen LogP contribution is 2.42. The normalized spacial score (nSPS) is 15.7. The molecular formula is C30H32F3N3O5. The lowest BCUT2D eigenvalue weighted by Gasteiger charge is -2.20. The second-order valence-electron chi connectivity index (χ2n) is 11.4. The van der Waals surface area contributed by atoms with Crippen LogP contribution in [-0.4, -0.2) is 40.5 Å². The van der Waals surface area contributed by atoms with Crippen LogP contribution in [0.3, 0.4) is 0 Å². The Bertz CT molecular complexity index is 1440. The summed E-state index contributed by atoms with van der Waals surface area (Å²) in [4.78, 5) is 30.9. The summed E-state index contributed by atoms with van der Waals surface area (Å²) in [6.07, 6.45) is -0.554. The van der Waals surface area contributed by atoms with E-state index in [0.29, 0.717) is 29.7 Å². The molecule has 0 saturated heterocycles. The van der Waals surface area contributed by atoms with Crippen LogP contribution in [-0.2, 0) is 20.7 Å². The molecule has 1 saturated carbocycles. The number of carbonyl (C=O) groups is 2. The predicted molar refractivity (Wildman–Crippen MR) is 144 cm³/mol. The molecule has 2 aromatic carbocycles. The number of hydrogen-bond acceptors (Lipinski definition) is 7. The standard InChI is InChI=1S/C30H32F3N3O5/c1-29(2,3)40-26(38)13-12-25(37)36-15-14-19-16-20(9-11-23(19)36)27-34-28(41-35-27)21-8-10-22(18-6-4-5-7-18)24(17-21)39-30(31,32)33/h8-11,16-18H,4-7,12-15H2,1-3H3. The average Bonchev–Trinajstić information content (AvgIpc) is 3.66. The Labute approximate surface area is 235 Å². The summed E-state index contributed by atoms with van der Waals surface area (Å²) in [6.45, 7) is 5.82. The van der Waals surface area contributed by atoms with Crippen molar-refractivity contribution in [2.45, 2.75) is 83.6 Å². The Morgan fingerprint density at radius 2 is 1.76 bits per heavy atom. The van der Waals surface area contributed by atoms with Crippen LogP contribution in [0.2, 0.25) is 0 Å². The maximum Gasteiger partial charge on any atom is 0.573 e. The first-order valence-electron chi connectivity index (χ1n) is 13.8. The lowest BCUT2D eigenvalue weighted by Crippen LogP contribution is -2.30. The van der Waals surface area contributed by atoms with E-state index in [4.69, 9.17) is 9.26 Å². The fourth-order valence-corrected chi connectivity index (χ4v) is 5.45. The molecule has 11 heteroatoms. The first-order valence-corrected chi connectivity index (χ1v) is 13.8. The zero-order valence-electron chi connectivity index (χ0n) is 23.2. The van der Waals surface area contributed by atoms with Crippen LogP contribution in [0.1, 0.15) is 76.3 Å². The number of ether oxygens (including phenoxy) is 2. The minimum absolute atomic E-state index is 0.00299. The fraction of sp³-hybridized carbons (Fsp3) is 0.467. The molecule has 0 radical (unpaired) electrons. The molecule has 0 bridgehead atoms. The molecule has 3 aromatic rings. The number of halogens is 3. The highest BCUT2D eigenvalue weighted by atomic mass is 19.4. The highest BCUT2D eigenvalue weighted by molar-refractivity contribution is 5.97. The average molecular weight is 572 g/mol. The maximum atomic E-state index is 13.2. The van der Waals surface area contributed by atoms with Gasteiger partial charge in [0.2, 0.25) is 11.7 Å². The van der Waals surface area contributed by atoms with Crippen molar-refractivity contribution >= 4 is 17.6 Å². The second kappa shape index (κ2) is 11.2. The number of alkyl halides is 3. The van der Waals surface area contributed by atoms with Crippen molar-refractivity contribution in [2.75, 3.05) is 11.4 Å². The summed E-state index contributed by atoms with van der Waals surface area (Å²) >= 11 is 0. The molecule has 1 fully saturated rings. The minimum atomic E-state index is -4.82. The van der Waals surface area contributed by atoms with Crippen molar-refractivity contribution in [3.05, 3.63) is 47.5 Å². The molecule has 1 aliphatic carbocycles. The maximum absolute atomic E-state index is 13.2. The Morgan fingerprint density at radius 3 is 2.46 bits per heavy atom. The van der Waals surface area contributed by atoms with E-state index >= 15 is 0 Å². The smallest absolute Gasteiger partial charge is 0.460 e. The summed E-state index contributed by atoms with van der Waals surface area (Å²) in [6, 6.07) is 10.1. The Hall–Kier alpha value is -3.89. The van der Waals surface area contributed by atoms with Gasteiger partial charge in [-0.15, -0.1) is 13.2 Å². The molecule has 8 nitrogen and oxygen atoms in total. The third-order valence-corrected chi connectivity index (χ3v) is 7.20. The van der Waals surface area contributed by atoms with Gasteiger partial charge < -0.3 is 18.9 Å². The number of fused-ring (bicyclic) bond motifs is 1. The van der Waals surface area contributed by atoms with Gasteiger partial charge in [-0.2, -0.15) is 4.98 Å². The number of esters is 1. The zero-order valence-corrected chi connectivity index (χ0v) is 23.2. The molecule has 41 heavy (non-hydrogen) atoms. The lowest BCUT2D eigenvalue weighted by molar-refractivity contribution is -0.275. The quantitative estimate of drug-likeness (QED) is 0.283. The van der Waals surface area contributed by atoms with Gasteiger partial charge in [0.15, 0.2) is 0 Å². The van der Waals surface area contributed by atoms with E-state index < -0.39 is 17.9 Å². The molecule has 0 spiro atoms. The topological polar surface area (TPSA) is 94.8 Å². The van der Waals surface area contributed by atoms with E-state index in [9.17, 15) is 22.8 Å². The molecule has 0 atom stereocenters. The van der Waals surface area contributed by atoms with Crippen molar-refractivity contribution in [1.82, 2.24) is 10.1 Å². The monoisotopic (exact) mass is 571 g/mol. The van der Waals surface area contributed by atoms with Crippen LogP contribution in [0.5, 0.6) is 5.75 Å². The van der Waals surface area contributed by atoms with Gasteiger partial charge in [-0.3, -0.25) is 9.59 Å². The zero-order chi connectivity index (χ0) is 29.4. The van der Waals surface area contributed by atoms with E-state index in [2.05, 4.69) is 14.9 Å². The number of amides is 1. The number of carbonyl (C=O) groups excluding carboxylic acids is 2. The van der Waals surface area contributed by atoms with Gasteiger partial charge in [0.1, 0.15) is 11.4 Å². The number of rotatable bonds is 7. The molecule has 0 unspecified atom stereocenters. The number of anilines is 1. The van der Waals surface area contributed by atoms with Crippen LogP contribution in [0, 0.1) is 0 Å². The van der Waals surface area contributed by atoms with Gasteiger partial charge in [-0.05, 0) is 87.4 Å². The van der Waals surface area contributed by atoms with E-state index in [-0.39, 0.29) is 42.1 Å². The highest BCUT2D eigenvalue weighted by Gasteiger charge is 2.34. The first kappa shape index (κ1) is 28.6. The fourth-order valence-electron chi connectivity index (χ4n) is 5.45. The molecule has 1 aromatic heterocycles. The van der Waals surface area contributed by atoms with Gasteiger partial charge in [0, 0.05) is 29.8 Å². The van der Waals surface area contributed by atoms with Gasteiger partial charge >= 0.3 is 12.3 Å². The summed E-state index contributed by atoms with van der Waals surface area (Å²) in [5.74, 6) is -0.452. The van der Waals surface area contributed by atoms with Crippen LogP contribution < -0.4 is 9.64 Å². The summed E-state index contributed by atoms with van der Waals surface area (Å²) in [5, 5.41) is 4.04. The lowest BCUT2D eigenvalue weighted by atomic mass is 9.95. The third kappa shape index (κ3) is 6.89. The molecule has 1 amide bonds. The number of aromatic nitrogens is 2. The Morgan fingerprint density at radius 1 is 1.02 bits per heavy atom. The van der Waals surface area contributed by atoms with Gasteiger partial charge in [0.25, 0.3) is 5.89 Å². The summed E-state index contributed by atoms with van der Waals surface area (Å²) in [5.41, 5.74) is 2.57. The van der Waals surface area contributed by atoms with Crippen molar-refractivity contribution in [1.29, 1.82) is 0 Å². The van der Waals surface area contributed by atoms with E-state index in [1.165, 1.54) is 6.07 Å². The van der Waals surface area contributed by atoms with Crippen molar-refractivity contribution in [3.8, 4) is 28.6 Å². The van der Waals surface area contributed by atoms with Crippen LogP contribution in [0.15, 0.2) is 40.9 Å². The largest absolute Gasteiger partial charge is 0.573 e. The third-order valence-electron chi connectivity index (χ3n) is 7.20. The van der Waals surface area contributed by atoms with Gasteiger partial charge in [-0.1, -0.05) is 24.1 Å². The summed E-state index contributed by atoms with van der Waals surface area (Å²) < 4.78 is 54.6. The van der Waals surface area contributed by atoms with Gasteiger partial charge in [0.05, 0.1) is 6.42 Å². The predicted octanol–water partition coefficient (Wildman–Crippen LogP) is 6.97. The Balaban J connectivity index is 1.31. The summed E-state index contributed by atoms with van der Waals surface area (Å²) in [7, 11) is 0. The molecule has 1 aliphatic heterocycles. The van der Waals surface area contributed by atoms with Crippen LogP contribution in [0.4, 0.5) is 18.9 Å². The molecule has 2 aliphatic rings. The molecule has 0 N–H and O–H groups in total. The van der Waals surface area contributed by atoms with E-state index in [1.807, 2.05) is 6.07 Å². The number of nitrogens with zero attached hydrogens (tertiary/aromatic N) is 3. The minimum Gasteiger partial charge on any atom is -0.460 e. The SMILES string of the molecule is CC(C)(C)OC(=O)CCC(=O)N1CCc2cc(-c3noc(-c4ccc(C5CCCC5)c(OC(F)(F)F)c4)n3)ccc21. The first-order chi connectivity index (χ1) is 19.4. The number of benzene rings is 2. The molecular weight excluding hydrogens is 539 g/mol. The van der Waals surface area contributed by atoms with Crippen molar-refractivity contribution in [3.63, 3.8) is 0 Å². The van der Waals surface area contributed by atoms with Gasteiger partial charge in [-0.25, -0.2) is 0 Å². The molecule has 218 valence electrons. The van der Waals surface area contributed by atoms with Crippen LogP contribution in [0.25, 0.3) is 22.8 Å². The number of hydrogen-bond donors (Lipinski definition) is 0.